The number of hydrogen-bond acceptors (Lipinski definition) is 7. The molecule has 1 aliphatic heterocycles. The topological polar surface area (TPSA) is 94.4 Å². The van der Waals surface area contributed by atoms with Gasteiger partial charge in [0.2, 0.25) is 0 Å². The minimum Gasteiger partial charge on any atom is -0.503 e. The van der Waals surface area contributed by atoms with E-state index in [1.807, 2.05) is 12.1 Å². The molecule has 2 atom stereocenters. The van der Waals surface area contributed by atoms with Crippen LogP contribution in [0.5, 0.6) is 17.2 Å². The van der Waals surface area contributed by atoms with Crippen molar-refractivity contribution in [2.45, 2.75) is 38.7 Å². The third-order valence-corrected chi connectivity index (χ3v) is 6.55. The zero-order valence-electron chi connectivity index (χ0n) is 19.3. The second-order valence-electron chi connectivity index (χ2n) is 8.36. The van der Waals surface area contributed by atoms with Gasteiger partial charge < -0.3 is 19.3 Å². The van der Waals surface area contributed by atoms with Gasteiger partial charge in [-0.25, -0.2) is 0 Å². The molecule has 34 heavy (non-hydrogen) atoms. The Kier molecular flexibility index (Phi) is 6.93. The predicted octanol–water partition coefficient (Wildman–Crippen LogP) is 4.99. The van der Waals surface area contributed by atoms with Crippen molar-refractivity contribution in [1.82, 2.24) is 0 Å². The van der Waals surface area contributed by atoms with Gasteiger partial charge in [-0.3, -0.25) is 14.6 Å². The quantitative estimate of drug-likeness (QED) is 0.582. The fraction of sp³-hybridized carbons (Fsp3) is 0.346. The number of methoxy groups -OCH3 is 2. The Bertz CT molecular complexity index is 1180. The molecule has 178 valence electrons. The summed E-state index contributed by atoms with van der Waals surface area (Å²) in [5.74, 6) is -1.32. The van der Waals surface area contributed by atoms with E-state index in [2.05, 4.69) is 4.99 Å². The van der Waals surface area contributed by atoms with Crippen LogP contribution in [0.15, 0.2) is 52.7 Å². The number of ketones is 1. The number of halogens is 1. The summed E-state index contributed by atoms with van der Waals surface area (Å²) in [6.07, 6.45) is 1.76. The van der Waals surface area contributed by atoms with Gasteiger partial charge in [0.25, 0.3) is 0 Å². The number of phenolic OH excluding ortho intramolecular Hbond substituents is 1. The van der Waals surface area contributed by atoms with Crippen molar-refractivity contribution in [3.8, 4) is 17.2 Å². The molecule has 0 bridgehead atoms. The van der Waals surface area contributed by atoms with Gasteiger partial charge in [-0.1, -0.05) is 23.7 Å². The molecule has 1 unspecified atom stereocenters. The lowest BCUT2D eigenvalue weighted by atomic mass is 9.71. The highest BCUT2D eigenvalue weighted by Gasteiger charge is 2.43. The highest BCUT2D eigenvalue weighted by atomic mass is 35.5. The molecule has 4 rings (SSSR count). The molecule has 2 aromatic carbocycles. The number of esters is 1. The smallest absolute Gasteiger partial charge is 0.315 e. The molecule has 1 N–H and O–H groups in total. The van der Waals surface area contributed by atoms with E-state index in [-0.39, 0.29) is 28.9 Å². The molecule has 7 nitrogen and oxygen atoms in total. The number of Topliss-reactive ketones (excluding diaryl/α,β-unsaturated/α-hetero) is 1. The first-order chi connectivity index (χ1) is 16.3. The SMILES string of the molecule is COc1ccc(COC(=O)C2C(C)=NC3=C(C(=O)CCC3)[C@@H]2c2cc(Cl)c(O)c(OC)c2)cc1. The van der Waals surface area contributed by atoms with E-state index in [1.165, 1.54) is 7.11 Å². The Hall–Kier alpha value is -3.32. The van der Waals surface area contributed by atoms with Crippen LogP contribution in [0.2, 0.25) is 5.02 Å². The zero-order valence-corrected chi connectivity index (χ0v) is 20.0. The van der Waals surface area contributed by atoms with Crippen LogP contribution in [-0.4, -0.2) is 36.8 Å². The largest absolute Gasteiger partial charge is 0.503 e. The summed E-state index contributed by atoms with van der Waals surface area (Å²) in [6.45, 7) is 1.84. The van der Waals surface area contributed by atoms with E-state index >= 15 is 0 Å². The van der Waals surface area contributed by atoms with Crippen LogP contribution in [0.4, 0.5) is 0 Å². The molecule has 8 heteroatoms. The van der Waals surface area contributed by atoms with Gasteiger partial charge in [-0.15, -0.1) is 0 Å². The number of benzene rings is 2. The Morgan fingerprint density at radius 2 is 1.88 bits per heavy atom. The van der Waals surface area contributed by atoms with E-state index in [0.29, 0.717) is 47.6 Å². The average Bonchev–Trinajstić information content (AvgIpc) is 2.83. The number of aliphatic imine (C=N–C) groups is 1. The minimum absolute atomic E-state index is 0.0429. The van der Waals surface area contributed by atoms with Crippen molar-refractivity contribution in [2.75, 3.05) is 14.2 Å². The molecule has 2 aliphatic rings. The number of aromatic hydroxyl groups is 1. The monoisotopic (exact) mass is 483 g/mol. The van der Waals surface area contributed by atoms with Crippen LogP contribution in [0.25, 0.3) is 0 Å². The molecule has 0 amide bonds. The molecule has 1 heterocycles. The first kappa shape index (κ1) is 23.8. The lowest BCUT2D eigenvalue weighted by molar-refractivity contribution is -0.148. The van der Waals surface area contributed by atoms with Crippen LogP contribution in [0.1, 0.15) is 43.2 Å². The number of hydrogen-bond donors (Lipinski definition) is 1. The standard InChI is InChI=1S/C26H26ClNO6/c1-14-22(26(31)34-13-15-7-9-17(32-2)10-8-15)23(24-19(28-14)5-4-6-20(24)29)16-11-18(27)25(30)21(12-16)33-3/h7-12,22-23,30H,4-6,13H2,1-3H3/t22?,23-/m1/s1. The van der Waals surface area contributed by atoms with E-state index in [9.17, 15) is 14.7 Å². The van der Waals surface area contributed by atoms with Gasteiger partial charge in [0.15, 0.2) is 17.3 Å². The third-order valence-electron chi connectivity index (χ3n) is 6.26. The fourth-order valence-electron chi connectivity index (χ4n) is 4.57. The Balaban J connectivity index is 1.71. The molecule has 0 radical (unpaired) electrons. The second kappa shape index (κ2) is 9.89. The van der Waals surface area contributed by atoms with E-state index in [1.54, 1.807) is 38.3 Å². The van der Waals surface area contributed by atoms with Gasteiger partial charge in [0.05, 0.1) is 19.2 Å². The molecule has 0 saturated carbocycles. The average molecular weight is 484 g/mol. The summed E-state index contributed by atoms with van der Waals surface area (Å²) in [7, 11) is 3.00. The van der Waals surface area contributed by atoms with Crippen LogP contribution >= 0.6 is 11.6 Å². The number of allylic oxidation sites excluding steroid dienone is 2. The Morgan fingerprint density at radius 1 is 1.15 bits per heavy atom. The van der Waals surface area contributed by atoms with Crippen LogP contribution in [0.3, 0.4) is 0 Å². The molecule has 0 aromatic heterocycles. The van der Waals surface area contributed by atoms with Gasteiger partial charge >= 0.3 is 5.97 Å². The van der Waals surface area contributed by atoms with Gasteiger partial charge in [-0.2, -0.15) is 0 Å². The minimum atomic E-state index is -0.815. The first-order valence-corrected chi connectivity index (χ1v) is 11.4. The lowest BCUT2D eigenvalue weighted by Gasteiger charge is -2.34. The number of phenols is 1. The molecule has 0 spiro atoms. The summed E-state index contributed by atoms with van der Waals surface area (Å²) >= 11 is 6.27. The van der Waals surface area contributed by atoms with Gasteiger partial charge in [-0.05, 0) is 55.2 Å². The lowest BCUT2D eigenvalue weighted by Crippen LogP contribution is -2.37. The van der Waals surface area contributed by atoms with E-state index < -0.39 is 17.8 Å². The second-order valence-corrected chi connectivity index (χ2v) is 8.76. The normalized spacial score (nSPS) is 19.9. The molecule has 0 saturated heterocycles. The van der Waals surface area contributed by atoms with Crippen molar-refractivity contribution in [1.29, 1.82) is 0 Å². The number of nitrogens with zero attached hydrogens (tertiary/aromatic N) is 1. The summed E-state index contributed by atoms with van der Waals surface area (Å²) in [4.78, 5) is 31.1. The van der Waals surface area contributed by atoms with Crippen molar-refractivity contribution in [2.24, 2.45) is 10.9 Å². The summed E-state index contributed by atoms with van der Waals surface area (Å²) in [5.41, 5.74) is 3.16. The van der Waals surface area contributed by atoms with Gasteiger partial charge in [0, 0.05) is 29.3 Å². The number of ether oxygens (including phenoxy) is 3. The highest BCUT2D eigenvalue weighted by Crippen LogP contribution is 2.47. The van der Waals surface area contributed by atoms with E-state index in [0.717, 1.165) is 5.56 Å². The number of rotatable bonds is 6. The maximum atomic E-state index is 13.4. The maximum Gasteiger partial charge on any atom is 0.315 e. The molecule has 1 aliphatic carbocycles. The van der Waals surface area contributed by atoms with Crippen LogP contribution in [0, 0.1) is 5.92 Å². The molecule has 0 fully saturated rings. The van der Waals surface area contributed by atoms with Crippen molar-refractivity contribution in [3.05, 3.63) is 63.8 Å². The Labute approximate surface area is 203 Å². The van der Waals surface area contributed by atoms with Gasteiger partial charge in [0.1, 0.15) is 18.3 Å². The van der Waals surface area contributed by atoms with Crippen molar-refractivity contribution < 1.29 is 28.9 Å². The number of carbonyl (C=O) groups excluding carboxylic acids is 2. The summed E-state index contributed by atoms with van der Waals surface area (Å²) in [6, 6.07) is 10.4. The molecule has 2 aromatic rings. The predicted molar refractivity (Wildman–Crippen MR) is 128 cm³/mol. The third kappa shape index (κ3) is 4.53. The van der Waals surface area contributed by atoms with Crippen molar-refractivity contribution in [3.63, 3.8) is 0 Å². The summed E-state index contributed by atoms with van der Waals surface area (Å²) < 4.78 is 16.1. The maximum absolute atomic E-state index is 13.4. The van der Waals surface area contributed by atoms with E-state index in [4.69, 9.17) is 25.8 Å². The van der Waals surface area contributed by atoms with Crippen LogP contribution < -0.4 is 9.47 Å². The first-order valence-electron chi connectivity index (χ1n) is 11.0. The van der Waals surface area contributed by atoms with Crippen molar-refractivity contribution >= 4 is 29.1 Å². The fourth-order valence-corrected chi connectivity index (χ4v) is 4.79. The number of carbonyl (C=O) groups is 2. The zero-order chi connectivity index (χ0) is 24.4. The molecular weight excluding hydrogens is 458 g/mol. The Morgan fingerprint density at radius 3 is 2.56 bits per heavy atom. The molecular formula is C26H26ClNO6. The summed E-state index contributed by atoms with van der Waals surface area (Å²) in [5, 5.41) is 10.3. The highest BCUT2D eigenvalue weighted by molar-refractivity contribution is 6.32. The van der Waals surface area contributed by atoms with Crippen LogP contribution in [-0.2, 0) is 20.9 Å².